The summed E-state index contributed by atoms with van der Waals surface area (Å²) in [5, 5.41) is 11.6. The van der Waals surface area contributed by atoms with Crippen molar-refractivity contribution in [3.05, 3.63) is 48.0 Å². The van der Waals surface area contributed by atoms with Crippen LogP contribution in [0.2, 0.25) is 0 Å². The molecule has 4 heteroatoms. The fourth-order valence-corrected chi connectivity index (χ4v) is 3.98. The van der Waals surface area contributed by atoms with Crippen LogP contribution in [-0.2, 0) is 9.59 Å². The Balaban J connectivity index is 1.47. The highest BCUT2D eigenvalue weighted by atomic mass is 16.4. The molecule has 2 unspecified atom stereocenters. The molecule has 4 atom stereocenters. The van der Waals surface area contributed by atoms with E-state index in [0.29, 0.717) is 13.1 Å². The van der Waals surface area contributed by atoms with E-state index in [9.17, 15) is 14.7 Å². The molecule has 1 aliphatic carbocycles. The minimum atomic E-state index is -0.792. The summed E-state index contributed by atoms with van der Waals surface area (Å²) in [6.07, 6.45) is 0.875. The van der Waals surface area contributed by atoms with Gasteiger partial charge >= 0.3 is 5.97 Å². The van der Waals surface area contributed by atoms with E-state index in [1.54, 1.807) is 4.90 Å². The molecule has 2 fully saturated rings. The standard InChI is InChI=1S/C20H21NO3/c1-12-10-21(11-18(12)20(23)24)19(22)17-9-16(17)15-7-6-13-4-2-3-5-14(13)8-15/h2-8,12,16-18H,9-11H2,1H3,(H,23,24)/t12-,16?,17?,18-/m1/s1. The maximum absolute atomic E-state index is 12.7. The molecule has 0 bridgehead atoms. The van der Waals surface area contributed by atoms with E-state index in [0.717, 1.165) is 6.42 Å². The Labute approximate surface area is 141 Å². The van der Waals surface area contributed by atoms with Crippen molar-refractivity contribution >= 4 is 22.6 Å². The average Bonchev–Trinajstić information content (AvgIpc) is 3.28. The Morgan fingerprint density at radius 1 is 1.04 bits per heavy atom. The molecule has 2 aromatic rings. The molecule has 1 aliphatic heterocycles. The molecule has 1 N–H and O–H groups in total. The number of fused-ring (bicyclic) bond motifs is 1. The maximum Gasteiger partial charge on any atom is 0.308 e. The van der Waals surface area contributed by atoms with Crippen molar-refractivity contribution in [1.82, 2.24) is 4.90 Å². The minimum absolute atomic E-state index is 0.0194. The summed E-state index contributed by atoms with van der Waals surface area (Å²) in [6.45, 7) is 2.84. The molecule has 2 aromatic carbocycles. The first kappa shape index (κ1) is 15.2. The van der Waals surface area contributed by atoms with Crippen LogP contribution in [-0.4, -0.2) is 35.0 Å². The van der Waals surface area contributed by atoms with Gasteiger partial charge in [0.2, 0.25) is 5.91 Å². The lowest BCUT2D eigenvalue weighted by atomic mass is 9.99. The van der Waals surface area contributed by atoms with E-state index in [1.807, 2.05) is 19.1 Å². The summed E-state index contributed by atoms with van der Waals surface area (Å²) in [7, 11) is 0. The molecule has 0 spiro atoms. The number of hydrogen-bond donors (Lipinski definition) is 1. The Bertz CT molecular complexity index is 815. The van der Waals surface area contributed by atoms with Gasteiger partial charge in [0, 0.05) is 19.0 Å². The first-order chi connectivity index (χ1) is 11.5. The number of carboxylic acid groups (broad SMARTS) is 1. The van der Waals surface area contributed by atoms with Gasteiger partial charge in [0.25, 0.3) is 0 Å². The van der Waals surface area contributed by atoms with E-state index in [-0.39, 0.29) is 23.7 Å². The highest BCUT2D eigenvalue weighted by molar-refractivity contribution is 5.86. The van der Waals surface area contributed by atoms with E-state index >= 15 is 0 Å². The number of hydrogen-bond acceptors (Lipinski definition) is 2. The predicted octanol–water partition coefficient (Wildman–Crippen LogP) is 3.12. The van der Waals surface area contributed by atoms with Gasteiger partial charge in [-0.2, -0.15) is 0 Å². The third-order valence-corrected chi connectivity index (χ3v) is 5.55. The van der Waals surface area contributed by atoms with Gasteiger partial charge in [0.15, 0.2) is 0 Å². The van der Waals surface area contributed by atoms with Crippen molar-refractivity contribution in [2.24, 2.45) is 17.8 Å². The second-order valence-electron chi connectivity index (χ2n) is 7.22. The highest BCUT2D eigenvalue weighted by Gasteiger charge is 2.48. The molecule has 1 heterocycles. The summed E-state index contributed by atoms with van der Waals surface area (Å²) < 4.78 is 0. The van der Waals surface area contributed by atoms with Crippen LogP contribution < -0.4 is 0 Å². The molecule has 24 heavy (non-hydrogen) atoms. The zero-order chi connectivity index (χ0) is 16.8. The van der Waals surface area contributed by atoms with Crippen molar-refractivity contribution in [1.29, 1.82) is 0 Å². The van der Waals surface area contributed by atoms with Crippen LogP contribution in [0.25, 0.3) is 10.8 Å². The molecule has 1 saturated carbocycles. The van der Waals surface area contributed by atoms with Crippen LogP contribution in [0.3, 0.4) is 0 Å². The lowest BCUT2D eigenvalue weighted by molar-refractivity contribution is -0.142. The van der Waals surface area contributed by atoms with E-state index in [4.69, 9.17) is 0 Å². The molecule has 2 aliphatic rings. The molecule has 1 saturated heterocycles. The Morgan fingerprint density at radius 3 is 2.50 bits per heavy atom. The van der Waals surface area contributed by atoms with Gasteiger partial charge in [-0.25, -0.2) is 0 Å². The summed E-state index contributed by atoms with van der Waals surface area (Å²) in [4.78, 5) is 25.7. The predicted molar refractivity (Wildman–Crippen MR) is 91.7 cm³/mol. The quantitative estimate of drug-likeness (QED) is 0.944. The summed E-state index contributed by atoms with van der Waals surface area (Å²) >= 11 is 0. The number of carbonyl (C=O) groups excluding carboxylic acids is 1. The second kappa shape index (κ2) is 5.62. The molecular formula is C20H21NO3. The number of carboxylic acids is 1. The SMILES string of the molecule is C[C@@H]1CN(C(=O)C2CC2c2ccc3ccccc3c2)C[C@H]1C(=O)O. The van der Waals surface area contributed by atoms with Crippen LogP contribution in [0.15, 0.2) is 42.5 Å². The zero-order valence-corrected chi connectivity index (χ0v) is 13.7. The van der Waals surface area contributed by atoms with Gasteiger partial charge in [-0.05, 0) is 34.6 Å². The molecule has 4 rings (SSSR count). The monoisotopic (exact) mass is 323 g/mol. The topological polar surface area (TPSA) is 57.6 Å². The molecule has 0 aromatic heterocycles. The van der Waals surface area contributed by atoms with Gasteiger partial charge < -0.3 is 10.0 Å². The van der Waals surface area contributed by atoms with E-state index in [2.05, 4.69) is 30.3 Å². The van der Waals surface area contributed by atoms with Crippen LogP contribution in [0, 0.1) is 17.8 Å². The van der Waals surface area contributed by atoms with Crippen molar-refractivity contribution in [3.8, 4) is 0 Å². The van der Waals surface area contributed by atoms with Gasteiger partial charge in [-0.3, -0.25) is 9.59 Å². The van der Waals surface area contributed by atoms with Gasteiger partial charge in [-0.15, -0.1) is 0 Å². The van der Waals surface area contributed by atoms with E-state index < -0.39 is 11.9 Å². The zero-order valence-electron chi connectivity index (χ0n) is 13.7. The molecule has 0 radical (unpaired) electrons. The molecule has 124 valence electrons. The Hall–Kier alpha value is -2.36. The van der Waals surface area contributed by atoms with Crippen molar-refractivity contribution in [3.63, 3.8) is 0 Å². The highest BCUT2D eigenvalue weighted by Crippen LogP contribution is 2.49. The minimum Gasteiger partial charge on any atom is -0.481 e. The molecule has 1 amide bonds. The van der Waals surface area contributed by atoms with Gasteiger partial charge in [-0.1, -0.05) is 49.4 Å². The van der Waals surface area contributed by atoms with Crippen molar-refractivity contribution in [2.45, 2.75) is 19.3 Å². The maximum atomic E-state index is 12.7. The van der Waals surface area contributed by atoms with Crippen molar-refractivity contribution < 1.29 is 14.7 Å². The fourth-order valence-electron chi connectivity index (χ4n) is 3.98. The molecule has 4 nitrogen and oxygen atoms in total. The van der Waals surface area contributed by atoms with Crippen molar-refractivity contribution in [2.75, 3.05) is 13.1 Å². The Kier molecular flexibility index (Phi) is 3.56. The number of rotatable bonds is 3. The fraction of sp³-hybridized carbons (Fsp3) is 0.400. The number of likely N-dealkylation sites (tertiary alicyclic amines) is 1. The number of amides is 1. The lowest BCUT2D eigenvalue weighted by Gasteiger charge is -2.16. The average molecular weight is 323 g/mol. The first-order valence-electron chi connectivity index (χ1n) is 8.55. The number of nitrogens with zero attached hydrogens (tertiary/aromatic N) is 1. The smallest absolute Gasteiger partial charge is 0.308 e. The Morgan fingerprint density at radius 2 is 1.79 bits per heavy atom. The van der Waals surface area contributed by atoms with Gasteiger partial charge in [0.1, 0.15) is 0 Å². The number of aliphatic carboxylic acids is 1. The number of benzene rings is 2. The molecular weight excluding hydrogens is 302 g/mol. The second-order valence-corrected chi connectivity index (χ2v) is 7.22. The number of carbonyl (C=O) groups is 2. The lowest BCUT2D eigenvalue weighted by Crippen LogP contribution is -2.31. The van der Waals surface area contributed by atoms with Crippen LogP contribution >= 0.6 is 0 Å². The summed E-state index contributed by atoms with van der Waals surface area (Å²) in [5.41, 5.74) is 1.22. The van der Waals surface area contributed by atoms with Crippen LogP contribution in [0.5, 0.6) is 0 Å². The summed E-state index contributed by atoms with van der Waals surface area (Å²) in [6, 6.07) is 14.7. The normalized spacial score (nSPS) is 29.0. The van der Waals surface area contributed by atoms with Gasteiger partial charge in [0.05, 0.1) is 5.92 Å². The van der Waals surface area contributed by atoms with E-state index in [1.165, 1.54) is 16.3 Å². The summed E-state index contributed by atoms with van der Waals surface area (Å²) in [5.74, 6) is -0.758. The largest absolute Gasteiger partial charge is 0.481 e. The third kappa shape index (κ3) is 2.56. The third-order valence-electron chi connectivity index (χ3n) is 5.55. The first-order valence-corrected chi connectivity index (χ1v) is 8.55. The van der Waals surface area contributed by atoms with Crippen LogP contribution in [0.4, 0.5) is 0 Å². The van der Waals surface area contributed by atoms with Crippen LogP contribution in [0.1, 0.15) is 24.8 Å².